The van der Waals surface area contributed by atoms with Crippen LogP contribution in [0.4, 0.5) is 4.39 Å². The van der Waals surface area contributed by atoms with E-state index in [0.29, 0.717) is 0 Å². The Hall–Kier alpha value is -0.940. The third kappa shape index (κ3) is 5.50. The Kier molecular flexibility index (Phi) is 5.32. The van der Waals surface area contributed by atoms with E-state index in [4.69, 9.17) is 0 Å². The lowest BCUT2D eigenvalue weighted by atomic mass is 10.2. The van der Waals surface area contributed by atoms with Gasteiger partial charge in [-0.25, -0.2) is 4.39 Å². The Morgan fingerprint density at radius 2 is 1.73 bits per heavy atom. The van der Waals surface area contributed by atoms with Gasteiger partial charge in [0.25, 0.3) is 0 Å². The van der Waals surface area contributed by atoms with Crippen molar-refractivity contribution in [2.45, 2.75) is 6.92 Å². The van der Waals surface area contributed by atoms with Gasteiger partial charge in [0.1, 0.15) is 5.82 Å². The number of hydrogen-bond donors (Lipinski definition) is 1. The first-order chi connectivity index (χ1) is 5.20. The van der Waals surface area contributed by atoms with Crippen molar-refractivity contribution in [3.63, 3.8) is 0 Å². The molecule has 0 nitrogen and oxygen atoms in total. The Morgan fingerprint density at radius 3 is 2.00 bits per heavy atom. The van der Waals surface area contributed by atoms with Crippen molar-refractivity contribution in [1.82, 2.24) is 0 Å². The summed E-state index contributed by atoms with van der Waals surface area (Å²) in [6.45, 7) is 1.93. The van der Waals surface area contributed by atoms with Crippen LogP contribution in [0.5, 0.6) is 0 Å². The zero-order valence-corrected chi connectivity index (χ0v) is 7.11. The first-order valence-electron chi connectivity index (χ1n) is 3.02. The predicted molar refractivity (Wildman–Crippen MR) is 49.0 cm³/mol. The van der Waals surface area contributed by atoms with Crippen LogP contribution in [0.15, 0.2) is 24.3 Å². The average molecular weight is 168 g/mol. The van der Waals surface area contributed by atoms with Gasteiger partial charge in [0.15, 0.2) is 0 Å². The molecule has 0 atom stereocenters. The number of terminal acetylenes is 1. The van der Waals surface area contributed by atoms with E-state index < -0.39 is 0 Å². The third-order valence-electron chi connectivity index (χ3n) is 1.01. The molecule has 0 amide bonds. The number of hydrogen-bond acceptors (Lipinski definition) is 1. The highest BCUT2D eigenvalue weighted by atomic mass is 32.1. The summed E-state index contributed by atoms with van der Waals surface area (Å²) in [5.41, 5.74) is 1.09. The largest absolute Gasteiger partial charge is 0.207 e. The Balaban J connectivity index is 0.000000292. The van der Waals surface area contributed by atoms with E-state index >= 15 is 0 Å². The number of benzene rings is 1. The molecule has 0 spiro atoms. The van der Waals surface area contributed by atoms with Crippen molar-refractivity contribution in [3.8, 4) is 11.7 Å². The van der Waals surface area contributed by atoms with E-state index in [1.165, 1.54) is 12.1 Å². The lowest BCUT2D eigenvalue weighted by Gasteiger charge is -1.87. The SMILES string of the molecule is C#CS.Cc1ccc(F)cc1. The van der Waals surface area contributed by atoms with Gasteiger partial charge in [0, 0.05) is 0 Å². The number of aryl methyl sites for hydroxylation is 1. The first-order valence-corrected chi connectivity index (χ1v) is 3.47. The van der Waals surface area contributed by atoms with E-state index in [1.807, 2.05) is 12.2 Å². The van der Waals surface area contributed by atoms with Gasteiger partial charge in [-0.05, 0) is 24.3 Å². The van der Waals surface area contributed by atoms with Crippen LogP contribution in [-0.4, -0.2) is 0 Å². The highest BCUT2D eigenvalue weighted by Gasteiger charge is 1.83. The lowest BCUT2D eigenvalue weighted by Crippen LogP contribution is -1.71. The predicted octanol–water partition coefficient (Wildman–Crippen LogP) is 2.64. The monoisotopic (exact) mass is 168 g/mol. The minimum absolute atomic E-state index is 0.171. The van der Waals surface area contributed by atoms with Crippen LogP contribution >= 0.6 is 12.6 Å². The number of rotatable bonds is 0. The Labute approximate surface area is 71.9 Å². The molecule has 0 N–H and O–H groups in total. The molecule has 58 valence electrons. The van der Waals surface area contributed by atoms with Gasteiger partial charge in [-0.15, -0.1) is 6.42 Å². The zero-order valence-electron chi connectivity index (χ0n) is 6.21. The van der Waals surface area contributed by atoms with Gasteiger partial charge in [0.2, 0.25) is 0 Å². The van der Waals surface area contributed by atoms with E-state index in [2.05, 4.69) is 19.1 Å². The topological polar surface area (TPSA) is 0 Å². The molecular formula is C9H9FS. The molecule has 0 bridgehead atoms. The molecule has 0 radical (unpaired) electrons. The highest BCUT2D eigenvalue weighted by Crippen LogP contribution is 1.98. The van der Waals surface area contributed by atoms with E-state index in [0.717, 1.165) is 5.56 Å². The summed E-state index contributed by atoms with van der Waals surface area (Å²) in [6.07, 6.45) is 4.46. The van der Waals surface area contributed by atoms with Crippen molar-refractivity contribution in [1.29, 1.82) is 0 Å². The molecule has 0 saturated heterocycles. The molecule has 1 rings (SSSR count). The van der Waals surface area contributed by atoms with Crippen LogP contribution < -0.4 is 0 Å². The Bertz CT molecular complexity index is 212. The zero-order chi connectivity index (χ0) is 8.69. The van der Waals surface area contributed by atoms with Crippen LogP contribution in [0.25, 0.3) is 0 Å². The van der Waals surface area contributed by atoms with Gasteiger partial charge >= 0.3 is 0 Å². The maximum Gasteiger partial charge on any atom is 0.123 e. The number of thiol groups is 1. The van der Waals surface area contributed by atoms with Crippen molar-refractivity contribution < 1.29 is 4.39 Å². The fourth-order valence-electron chi connectivity index (χ4n) is 0.533. The summed E-state index contributed by atoms with van der Waals surface area (Å²) in [7, 11) is 0. The smallest absolute Gasteiger partial charge is 0.123 e. The molecule has 0 unspecified atom stereocenters. The second-order valence-corrected chi connectivity index (χ2v) is 2.18. The van der Waals surface area contributed by atoms with Gasteiger partial charge in [0.05, 0.1) is 0 Å². The third-order valence-corrected chi connectivity index (χ3v) is 1.01. The standard InChI is InChI=1S/C7H7F.C2H2S/c1-6-2-4-7(8)5-3-6;1-2-3/h2-5H,1H3;1,3H. The fraction of sp³-hybridized carbons (Fsp3) is 0.111. The first kappa shape index (κ1) is 10.1. The van der Waals surface area contributed by atoms with Gasteiger partial charge in [-0.2, -0.15) is 0 Å². The molecule has 0 aliphatic rings. The Morgan fingerprint density at radius 1 is 1.36 bits per heavy atom. The second-order valence-electron chi connectivity index (χ2n) is 1.92. The maximum absolute atomic E-state index is 12.1. The molecule has 1 aromatic carbocycles. The van der Waals surface area contributed by atoms with Crippen LogP contribution in [0, 0.1) is 24.4 Å². The molecule has 2 heteroatoms. The molecule has 0 aromatic heterocycles. The molecule has 0 fully saturated rings. The molecule has 0 saturated carbocycles. The fourth-order valence-corrected chi connectivity index (χ4v) is 0.533. The minimum atomic E-state index is -0.171. The van der Waals surface area contributed by atoms with E-state index in [1.54, 1.807) is 12.1 Å². The molecule has 0 heterocycles. The summed E-state index contributed by atoms with van der Waals surface area (Å²) in [4.78, 5) is 0. The van der Waals surface area contributed by atoms with Crippen molar-refractivity contribution in [2.75, 3.05) is 0 Å². The quantitative estimate of drug-likeness (QED) is 0.447. The maximum atomic E-state index is 12.1. The summed E-state index contributed by atoms with van der Waals surface area (Å²) < 4.78 is 12.1. The number of halogens is 1. The highest BCUT2D eigenvalue weighted by molar-refractivity contribution is 7.85. The van der Waals surface area contributed by atoms with Crippen LogP contribution in [0.3, 0.4) is 0 Å². The van der Waals surface area contributed by atoms with E-state index in [9.17, 15) is 4.39 Å². The molecule has 1 aromatic rings. The lowest BCUT2D eigenvalue weighted by molar-refractivity contribution is 0.627. The van der Waals surface area contributed by atoms with Crippen LogP contribution in [0.2, 0.25) is 0 Å². The molecule has 0 aliphatic carbocycles. The van der Waals surface area contributed by atoms with Crippen molar-refractivity contribution in [2.24, 2.45) is 0 Å². The van der Waals surface area contributed by atoms with Gasteiger partial charge in [-0.3, -0.25) is 0 Å². The molecule has 11 heavy (non-hydrogen) atoms. The van der Waals surface area contributed by atoms with E-state index in [-0.39, 0.29) is 5.82 Å². The molecular weight excluding hydrogens is 159 g/mol. The van der Waals surface area contributed by atoms with Crippen molar-refractivity contribution >= 4 is 12.6 Å². The van der Waals surface area contributed by atoms with Crippen molar-refractivity contribution in [3.05, 3.63) is 35.6 Å². The van der Waals surface area contributed by atoms with Crippen LogP contribution in [0.1, 0.15) is 5.56 Å². The summed E-state index contributed by atoms with van der Waals surface area (Å²) in [6, 6.07) is 6.40. The summed E-state index contributed by atoms with van der Waals surface area (Å²) in [5, 5.41) is 1.94. The second kappa shape index (κ2) is 5.82. The minimum Gasteiger partial charge on any atom is -0.207 e. The summed E-state index contributed by atoms with van der Waals surface area (Å²) >= 11 is 3.32. The summed E-state index contributed by atoms with van der Waals surface area (Å²) in [5.74, 6) is -0.171. The normalized spacial score (nSPS) is 7.45. The molecule has 0 aliphatic heterocycles. The van der Waals surface area contributed by atoms with Gasteiger partial charge in [-0.1, -0.05) is 30.3 Å². The average Bonchev–Trinajstić information content (AvgIpc) is 1.97. The van der Waals surface area contributed by atoms with Gasteiger partial charge < -0.3 is 0 Å². The van der Waals surface area contributed by atoms with Crippen LogP contribution in [-0.2, 0) is 0 Å².